The third kappa shape index (κ3) is 1.24. The number of nitrogens with zero attached hydrogens (tertiary/aromatic N) is 1. The van der Waals surface area contributed by atoms with Crippen LogP contribution in [-0.4, -0.2) is 38.6 Å². The maximum Gasteiger partial charge on any atom is 0.415 e. The van der Waals surface area contributed by atoms with Gasteiger partial charge in [0.1, 0.15) is 5.54 Å². The lowest BCUT2D eigenvalue weighted by molar-refractivity contribution is -0.151. The number of carboxylic acids is 1. The smallest absolute Gasteiger partial charge is 0.415 e. The van der Waals surface area contributed by atoms with E-state index < -0.39 is 23.5 Å². The predicted octanol–water partition coefficient (Wildman–Crippen LogP) is 0.130. The van der Waals surface area contributed by atoms with E-state index in [9.17, 15) is 14.4 Å². The van der Waals surface area contributed by atoms with E-state index in [0.29, 0.717) is 4.90 Å². The van der Waals surface area contributed by atoms with Crippen molar-refractivity contribution in [3.63, 3.8) is 0 Å². The summed E-state index contributed by atoms with van der Waals surface area (Å²) in [4.78, 5) is 32.7. The first-order chi connectivity index (χ1) is 5.89. The number of hydrogen-bond donors (Lipinski definition) is 2. The molecule has 13 heavy (non-hydrogen) atoms. The summed E-state index contributed by atoms with van der Waals surface area (Å²) in [6.07, 6.45) is -1.50. The molecule has 1 saturated heterocycles. The molecule has 0 unspecified atom stereocenters. The Hall–Kier alpha value is -1.59. The minimum Gasteiger partial charge on any atom is -0.479 e. The molecule has 1 aliphatic rings. The number of rotatable bonds is 1. The molecule has 1 rings (SSSR count). The van der Waals surface area contributed by atoms with Crippen LogP contribution in [0.2, 0.25) is 0 Å². The van der Waals surface area contributed by atoms with Crippen LogP contribution in [0.5, 0.6) is 0 Å². The molecule has 0 spiro atoms. The normalized spacial score (nSPS) is 27.8. The number of carbonyl (C=O) groups is 3. The van der Waals surface area contributed by atoms with Crippen molar-refractivity contribution in [3.8, 4) is 0 Å². The highest BCUT2D eigenvalue weighted by Gasteiger charge is 2.51. The number of carbonyl (C=O) groups excluding carboxylic acids is 1. The largest absolute Gasteiger partial charge is 0.479 e. The second-order valence-corrected chi connectivity index (χ2v) is 3.09. The van der Waals surface area contributed by atoms with Gasteiger partial charge in [0, 0.05) is 6.42 Å². The van der Waals surface area contributed by atoms with Gasteiger partial charge in [0.2, 0.25) is 5.91 Å². The van der Waals surface area contributed by atoms with Gasteiger partial charge in [-0.3, -0.25) is 4.79 Å². The Morgan fingerprint density at radius 1 is 1.46 bits per heavy atom. The standard InChI is InChI=1S/C7H9NO5/c1-7(5(10)11)3-2-4(9)8(7)6(12)13/h2-3H2,1H3,(H,10,11)(H,12,13)/t7-/m0/s1. The van der Waals surface area contributed by atoms with Crippen LogP contribution in [0.15, 0.2) is 0 Å². The van der Waals surface area contributed by atoms with E-state index in [1.54, 1.807) is 0 Å². The Balaban J connectivity index is 3.06. The molecule has 0 aliphatic carbocycles. The number of likely N-dealkylation sites (tertiary alicyclic amines) is 1. The molecule has 0 radical (unpaired) electrons. The number of imide groups is 1. The number of amides is 2. The fourth-order valence-electron chi connectivity index (χ4n) is 1.37. The summed E-state index contributed by atoms with van der Waals surface area (Å²) >= 11 is 0. The highest BCUT2D eigenvalue weighted by molar-refractivity contribution is 6.00. The lowest BCUT2D eigenvalue weighted by Crippen LogP contribution is -2.51. The van der Waals surface area contributed by atoms with Gasteiger partial charge in [-0.05, 0) is 13.3 Å². The molecular weight excluding hydrogens is 178 g/mol. The SMILES string of the molecule is C[C@@]1(C(=O)O)CCC(=O)N1C(=O)O. The molecule has 0 aromatic carbocycles. The van der Waals surface area contributed by atoms with Crippen molar-refractivity contribution in [1.82, 2.24) is 4.90 Å². The van der Waals surface area contributed by atoms with Gasteiger partial charge >= 0.3 is 12.1 Å². The summed E-state index contributed by atoms with van der Waals surface area (Å²) in [6, 6.07) is 0. The molecular formula is C7H9NO5. The molecule has 0 aromatic rings. The van der Waals surface area contributed by atoms with Crippen molar-refractivity contribution < 1.29 is 24.6 Å². The lowest BCUT2D eigenvalue weighted by atomic mass is 10.00. The van der Waals surface area contributed by atoms with Crippen molar-refractivity contribution in [2.45, 2.75) is 25.3 Å². The van der Waals surface area contributed by atoms with Gasteiger partial charge in [0.05, 0.1) is 0 Å². The fourth-order valence-corrected chi connectivity index (χ4v) is 1.37. The van der Waals surface area contributed by atoms with E-state index in [1.807, 2.05) is 0 Å². The maximum atomic E-state index is 11.0. The van der Waals surface area contributed by atoms with Crippen LogP contribution in [0.3, 0.4) is 0 Å². The van der Waals surface area contributed by atoms with E-state index in [0.717, 1.165) is 0 Å². The minimum atomic E-state index is -1.59. The Kier molecular flexibility index (Phi) is 1.99. The number of hydrogen-bond acceptors (Lipinski definition) is 3. The van der Waals surface area contributed by atoms with Crippen molar-refractivity contribution in [2.75, 3.05) is 0 Å². The number of aliphatic carboxylic acids is 1. The first kappa shape index (κ1) is 9.50. The molecule has 1 aliphatic heterocycles. The quantitative estimate of drug-likeness (QED) is 0.608. The van der Waals surface area contributed by atoms with Crippen LogP contribution in [-0.2, 0) is 9.59 Å². The van der Waals surface area contributed by atoms with Crippen molar-refractivity contribution >= 4 is 18.0 Å². The summed E-state index contributed by atoms with van der Waals surface area (Å²) in [7, 11) is 0. The Labute approximate surface area is 73.8 Å². The monoisotopic (exact) mass is 187 g/mol. The average Bonchev–Trinajstić information content (AvgIpc) is 2.28. The van der Waals surface area contributed by atoms with Crippen molar-refractivity contribution in [2.24, 2.45) is 0 Å². The molecule has 1 atom stereocenters. The zero-order valence-electron chi connectivity index (χ0n) is 6.98. The minimum absolute atomic E-state index is 0.0326. The van der Waals surface area contributed by atoms with Crippen LogP contribution >= 0.6 is 0 Å². The fraction of sp³-hybridized carbons (Fsp3) is 0.571. The summed E-state index contributed by atoms with van der Waals surface area (Å²) < 4.78 is 0. The van der Waals surface area contributed by atoms with E-state index in [-0.39, 0.29) is 12.8 Å². The molecule has 6 nitrogen and oxygen atoms in total. The highest BCUT2D eigenvalue weighted by Crippen LogP contribution is 2.30. The lowest BCUT2D eigenvalue weighted by Gasteiger charge is -2.26. The van der Waals surface area contributed by atoms with Gasteiger partial charge in [0.25, 0.3) is 0 Å². The second-order valence-electron chi connectivity index (χ2n) is 3.09. The van der Waals surface area contributed by atoms with Gasteiger partial charge in [-0.2, -0.15) is 0 Å². The molecule has 6 heteroatoms. The highest BCUT2D eigenvalue weighted by atomic mass is 16.4. The molecule has 2 amide bonds. The first-order valence-corrected chi connectivity index (χ1v) is 3.69. The molecule has 2 N–H and O–H groups in total. The topological polar surface area (TPSA) is 94.9 Å². The molecule has 72 valence electrons. The molecule has 1 fully saturated rings. The maximum absolute atomic E-state index is 11.0. The third-order valence-corrected chi connectivity index (χ3v) is 2.22. The molecule has 0 aromatic heterocycles. The zero-order valence-corrected chi connectivity index (χ0v) is 6.98. The molecule has 1 heterocycles. The van der Waals surface area contributed by atoms with Gasteiger partial charge in [-0.1, -0.05) is 0 Å². The average molecular weight is 187 g/mol. The van der Waals surface area contributed by atoms with Crippen LogP contribution in [0.4, 0.5) is 4.79 Å². The van der Waals surface area contributed by atoms with E-state index in [2.05, 4.69) is 0 Å². The summed E-state index contributed by atoms with van der Waals surface area (Å²) in [5.41, 5.74) is -1.59. The second kappa shape index (κ2) is 2.72. The van der Waals surface area contributed by atoms with Crippen LogP contribution in [0.1, 0.15) is 19.8 Å². The van der Waals surface area contributed by atoms with E-state index >= 15 is 0 Å². The predicted molar refractivity (Wildman–Crippen MR) is 40.1 cm³/mol. The third-order valence-electron chi connectivity index (χ3n) is 2.22. The van der Waals surface area contributed by atoms with Gasteiger partial charge in [-0.25, -0.2) is 14.5 Å². The Morgan fingerprint density at radius 3 is 2.31 bits per heavy atom. The van der Waals surface area contributed by atoms with Crippen LogP contribution < -0.4 is 0 Å². The van der Waals surface area contributed by atoms with Gasteiger partial charge in [-0.15, -0.1) is 0 Å². The zero-order chi connectivity index (χ0) is 10.2. The van der Waals surface area contributed by atoms with Crippen LogP contribution in [0, 0.1) is 0 Å². The summed E-state index contributed by atoms with van der Waals surface area (Å²) in [5.74, 6) is -1.95. The van der Waals surface area contributed by atoms with E-state index in [4.69, 9.17) is 10.2 Å². The molecule has 0 bridgehead atoms. The summed E-state index contributed by atoms with van der Waals surface area (Å²) in [5, 5.41) is 17.4. The van der Waals surface area contributed by atoms with Crippen LogP contribution in [0.25, 0.3) is 0 Å². The Morgan fingerprint density at radius 2 is 2.00 bits per heavy atom. The summed E-state index contributed by atoms with van der Waals surface area (Å²) in [6.45, 7) is 1.23. The Bertz CT molecular complexity index is 287. The van der Waals surface area contributed by atoms with Crippen molar-refractivity contribution in [3.05, 3.63) is 0 Å². The van der Waals surface area contributed by atoms with Gasteiger partial charge in [0.15, 0.2) is 0 Å². The van der Waals surface area contributed by atoms with E-state index in [1.165, 1.54) is 6.92 Å². The number of carboxylic acid groups (broad SMARTS) is 2. The van der Waals surface area contributed by atoms with Crippen molar-refractivity contribution in [1.29, 1.82) is 0 Å². The molecule has 0 saturated carbocycles. The van der Waals surface area contributed by atoms with Gasteiger partial charge < -0.3 is 10.2 Å². The first-order valence-electron chi connectivity index (χ1n) is 3.69.